The summed E-state index contributed by atoms with van der Waals surface area (Å²) in [6.07, 6.45) is -1.09. The molecule has 1 aromatic heterocycles. The molecule has 0 unspecified atom stereocenters. The molecule has 0 N–H and O–H groups in total. The lowest BCUT2D eigenvalue weighted by molar-refractivity contribution is -0.386. The Bertz CT molecular complexity index is 829. The molecule has 1 amide bonds. The van der Waals surface area contributed by atoms with E-state index in [4.69, 9.17) is 4.74 Å². The number of nitrogens with zero attached hydrogens (tertiary/aromatic N) is 4. The maximum Gasteiger partial charge on any atom is 0.328 e. The summed E-state index contributed by atoms with van der Waals surface area (Å²) in [7, 11) is 3.13. The van der Waals surface area contributed by atoms with Crippen molar-refractivity contribution in [2.45, 2.75) is 26.5 Å². The number of likely N-dealkylation sites (N-methyl/N-ethyl adjacent to an activating group) is 1. The van der Waals surface area contributed by atoms with E-state index in [2.05, 4.69) is 5.10 Å². The zero-order valence-corrected chi connectivity index (χ0v) is 15.0. The molecule has 138 valence electrons. The quantitative estimate of drug-likeness (QED) is 0.441. The van der Waals surface area contributed by atoms with Crippen molar-refractivity contribution in [2.24, 2.45) is 0 Å². The molecule has 0 spiro atoms. The van der Waals surface area contributed by atoms with Gasteiger partial charge in [0.1, 0.15) is 17.9 Å². The number of aryl methyl sites for hydroxylation is 1. The fraction of sp³-hybridized carbons (Fsp3) is 0.353. The van der Waals surface area contributed by atoms with Crippen LogP contribution in [0.4, 0.5) is 5.69 Å². The van der Waals surface area contributed by atoms with Crippen LogP contribution in [0.25, 0.3) is 0 Å². The molecule has 1 heterocycles. The molecule has 2 rings (SSSR count). The van der Waals surface area contributed by atoms with Gasteiger partial charge in [-0.25, -0.2) is 0 Å². The van der Waals surface area contributed by atoms with E-state index >= 15 is 0 Å². The van der Waals surface area contributed by atoms with Crippen LogP contribution in [-0.4, -0.2) is 45.6 Å². The van der Waals surface area contributed by atoms with E-state index in [0.717, 1.165) is 0 Å². The van der Waals surface area contributed by atoms with Gasteiger partial charge in [0.15, 0.2) is 0 Å². The topological polar surface area (TPSA) is 108 Å². The van der Waals surface area contributed by atoms with Crippen LogP contribution < -0.4 is 0 Å². The summed E-state index contributed by atoms with van der Waals surface area (Å²) in [6, 6.07) is 8.64. The number of rotatable bonds is 6. The molecular formula is C17H20N4O5. The predicted molar refractivity (Wildman–Crippen MR) is 92.3 cm³/mol. The summed E-state index contributed by atoms with van der Waals surface area (Å²) < 4.78 is 6.57. The number of benzene rings is 1. The third kappa shape index (κ3) is 4.05. The second-order valence-corrected chi connectivity index (χ2v) is 5.95. The molecule has 9 heteroatoms. The Labute approximate surface area is 150 Å². The molecule has 0 saturated carbocycles. The van der Waals surface area contributed by atoms with Gasteiger partial charge in [-0.3, -0.25) is 24.4 Å². The van der Waals surface area contributed by atoms with Crippen molar-refractivity contribution in [2.75, 3.05) is 14.1 Å². The highest BCUT2D eigenvalue weighted by molar-refractivity contribution is 5.84. The van der Waals surface area contributed by atoms with Crippen molar-refractivity contribution in [3.05, 3.63) is 57.4 Å². The molecule has 1 atom stereocenters. The van der Waals surface area contributed by atoms with Crippen molar-refractivity contribution < 1.29 is 19.2 Å². The van der Waals surface area contributed by atoms with Crippen LogP contribution in [0.15, 0.2) is 30.3 Å². The Morgan fingerprint density at radius 3 is 2.38 bits per heavy atom. The number of hydrogen-bond acceptors (Lipinski definition) is 6. The monoisotopic (exact) mass is 360 g/mol. The summed E-state index contributed by atoms with van der Waals surface area (Å²) in [5.74, 6) is -1.10. The molecule has 0 fully saturated rings. The molecular weight excluding hydrogens is 340 g/mol. The van der Waals surface area contributed by atoms with E-state index < -0.39 is 17.0 Å². The van der Waals surface area contributed by atoms with Gasteiger partial charge in [0.25, 0.3) is 5.91 Å². The molecule has 1 aromatic carbocycles. The van der Waals surface area contributed by atoms with Crippen molar-refractivity contribution in [1.29, 1.82) is 0 Å². The normalized spacial score (nSPS) is 11.7. The van der Waals surface area contributed by atoms with E-state index in [9.17, 15) is 19.7 Å². The molecule has 0 aliphatic carbocycles. The van der Waals surface area contributed by atoms with Crippen LogP contribution in [0.3, 0.4) is 0 Å². The lowest BCUT2D eigenvalue weighted by atomic mass is 10.1. The molecule has 0 bridgehead atoms. The average Bonchev–Trinajstić information content (AvgIpc) is 2.86. The van der Waals surface area contributed by atoms with Gasteiger partial charge in [-0.05, 0) is 13.8 Å². The highest BCUT2D eigenvalue weighted by atomic mass is 16.6. The third-order valence-corrected chi connectivity index (χ3v) is 3.82. The number of aromatic nitrogens is 2. The fourth-order valence-corrected chi connectivity index (χ4v) is 2.52. The minimum atomic E-state index is -1.09. The Hall–Kier alpha value is -3.23. The van der Waals surface area contributed by atoms with Gasteiger partial charge in [0.05, 0.1) is 4.92 Å². The first-order valence-corrected chi connectivity index (χ1v) is 7.86. The van der Waals surface area contributed by atoms with Gasteiger partial charge >= 0.3 is 11.7 Å². The van der Waals surface area contributed by atoms with E-state index in [1.165, 1.54) is 23.4 Å². The predicted octanol–water partition coefficient (Wildman–Crippen LogP) is 1.78. The van der Waals surface area contributed by atoms with Gasteiger partial charge in [-0.1, -0.05) is 30.3 Å². The minimum absolute atomic E-state index is 0.137. The lowest BCUT2D eigenvalue weighted by Gasteiger charge is -2.21. The molecule has 26 heavy (non-hydrogen) atoms. The molecule has 9 nitrogen and oxygen atoms in total. The number of carbonyl (C=O) groups is 2. The number of hydrogen-bond donors (Lipinski definition) is 0. The lowest BCUT2D eigenvalue weighted by Crippen LogP contribution is -2.32. The van der Waals surface area contributed by atoms with Crippen molar-refractivity contribution in [3.8, 4) is 0 Å². The largest absolute Gasteiger partial charge is 0.446 e. The van der Waals surface area contributed by atoms with E-state index in [-0.39, 0.29) is 29.5 Å². The van der Waals surface area contributed by atoms with Gasteiger partial charge < -0.3 is 9.64 Å². The number of esters is 1. The van der Waals surface area contributed by atoms with Crippen molar-refractivity contribution in [3.63, 3.8) is 0 Å². The molecule has 0 aliphatic rings. The van der Waals surface area contributed by atoms with E-state index in [0.29, 0.717) is 5.56 Å². The summed E-state index contributed by atoms with van der Waals surface area (Å²) in [5, 5.41) is 15.1. The van der Waals surface area contributed by atoms with Crippen LogP contribution in [0.1, 0.15) is 23.1 Å². The zero-order chi connectivity index (χ0) is 19.4. The smallest absolute Gasteiger partial charge is 0.328 e. The first kappa shape index (κ1) is 19.1. The second-order valence-electron chi connectivity index (χ2n) is 5.95. The van der Waals surface area contributed by atoms with Crippen molar-refractivity contribution >= 4 is 17.6 Å². The third-order valence-electron chi connectivity index (χ3n) is 3.82. The zero-order valence-electron chi connectivity index (χ0n) is 15.0. The van der Waals surface area contributed by atoms with E-state index in [1.807, 2.05) is 0 Å². The average molecular weight is 360 g/mol. The van der Waals surface area contributed by atoms with E-state index in [1.54, 1.807) is 44.4 Å². The number of ether oxygens (including phenoxy) is 1. The van der Waals surface area contributed by atoms with Gasteiger partial charge in [-0.15, -0.1) is 0 Å². The highest BCUT2D eigenvalue weighted by Crippen LogP contribution is 2.23. The SMILES string of the molecule is Cc1nn(CC(=O)O[C@H](C(=O)N(C)C)c2ccccc2)c(C)c1[N+](=O)[O-]. The maximum atomic E-state index is 12.4. The van der Waals surface area contributed by atoms with Crippen LogP contribution in [0.5, 0.6) is 0 Å². The summed E-state index contributed by atoms with van der Waals surface area (Å²) in [4.78, 5) is 36.6. The summed E-state index contributed by atoms with van der Waals surface area (Å²) in [5.41, 5.74) is 0.865. The van der Waals surface area contributed by atoms with Gasteiger partial charge in [0, 0.05) is 19.7 Å². The number of carbonyl (C=O) groups excluding carboxylic acids is 2. The summed E-state index contributed by atoms with van der Waals surface area (Å²) in [6.45, 7) is 2.67. The minimum Gasteiger partial charge on any atom is -0.446 e. The van der Waals surface area contributed by atoms with Gasteiger partial charge in [0.2, 0.25) is 6.10 Å². The standard InChI is InChI=1S/C17H20N4O5/c1-11-15(21(24)25)12(2)20(18-11)10-14(22)26-16(17(23)19(3)4)13-8-6-5-7-9-13/h5-9,16H,10H2,1-4H3/t16-/m0/s1. The molecule has 2 aromatic rings. The van der Waals surface area contributed by atoms with Crippen LogP contribution in [0, 0.1) is 24.0 Å². The van der Waals surface area contributed by atoms with Crippen LogP contribution >= 0.6 is 0 Å². The Morgan fingerprint density at radius 2 is 1.88 bits per heavy atom. The Kier molecular flexibility index (Phi) is 5.71. The first-order valence-electron chi connectivity index (χ1n) is 7.86. The number of nitro groups is 1. The molecule has 0 radical (unpaired) electrons. The highest BCUT2D eigenvalue weighted by Gasteiger charge is 2.28. The first-order chi connectivity index (χ1) is 12.2. The Balaban J connectivity index is 2.22. The van der Waals surface area contributed by atoms with Crippen LogP contribution in [-0.2, 0) is 20.9 Å². The van der Waals surface area contributed by atoms with Gasteiger partial charge in [-0.2, -0.15) is 5.10 Å². The second kappa shape index (κ2) is 7.77. The maximum absolute atomic E-state index is 12.4. The van der Waals surface area contributed by atoms with Crippen molar-refractivity contribution in [1.82, 2.24) is 14.7 Å². The molecule has 0 saturated heterocycles. The molecule has 0 aliphatic heterocycles. The number of amides is 1. The van der Waals surface area contributed by atoms with Crippen LogP contribution in [0.2, 0.25) is 0 Å². The summed E-state index contributed by atoms with van der Waals surface area (Å²) >= 11 is 0. The Morgan fingerprint density at radius 1 is 1.27 bits per heavy atom. The fourth-order valence-electron chi connectivity index (χ4n) is 2.52.